The highest BCUT2D eigenvalue weighted by Crippen LogP contribution is 2.27. The quantitative estimate of drug-likeness (QED) is 0.847. The van der Waals surface area contributed by atoms with E-state index in [2.05, 4.69) is 23.4 Å². The third-order valence-electron chi connectivity index (χ3n) is 4.56. The van der Waals surface area contributed by atoms with E-state index >= 15 is 0 Å². The topological polar surface area (TPSA) is 47.0 Å². The Balaban J connectivity index is 1.74. The Bertz CT molecular complexity index is 457. The molecule has 0 bridgehead atoms. The molecule has 0 amide bonds. The summed E-state index contributed by atoms with van der Waals surface area (Å²) in [5.74, 6) is 0.969. The lowest BCUT2D eigenvalue weighted by molar-refractivity contribution is 0.110. The van der Waals surface area contributed by atoms with Crippen LogP contribution in [0.1, 0.15) is 68.6 Å². The zero-order valence-corrected chi connectivity index (χ0v) is 13.1. The highest BCUT2D eigenvalue weighted by atomic mass is 16.5. The Morgan fingerprint density at radius 1 is 1.29 bits per heavy atom. The smallest absolute Gasteiger partial charge is 0.131 e. The van der Waals surface area contributed by atoms with Crippen molar-refractivity contribution in [2.75, 3.05) is 13.2 Å². The Kier molecular flexibility index (Phi) is 5.20. The molecule has 2 heterocycles. The second kappa shape index (κ2) is 7.32. The number of ether oxygens (including phenoxy) is 1. The van der Waals surface area contributed by atoms with Crippen molar-refractivity contribution >= 4 is 0 Å². The number of aromatic nitrogens is 2. The summed E-state index contributed by atoms with van der Waals surface area (Å²) in [4.78, 5) is 9.49. The number of aryl methyl sites for hydroxylation is 1. The van der Waals surface area contributed by atoms with Crippen LogP contribution in [0.3, 0.4) is 0 Å². The molecular formula is C17H27N3O. The molecule has 2 atom stereocenters. The van der Waals surface area contributed by atoms with Crippen molar-refractivity contribution in [3.05, 3.63) is 23.3 Å². The highest BCUT2D eigenvalue weighted by molar-refractivity contribution is 5.23. The molecule has 0 radical (unpaired) electrons. The molecule has 1 saturated heterocycles. The first-order chi connectivity index (χ1) is 10.4. The van der Waals surface area contributed by atoms with E-state index in [0.29, 0.717) is 12.1 Å². The van der Waals surface area contributed by atoms with Gasteiger partial charge in [0, 0.05) is 36.5 Å². The SMILES string of the molecule is CCCNC1CCCCc2nc(CC3CCCO3)ncc21. The Hall–Kier alpha value is -1.00. The van der Waals surface area contributed by atoms with Gasteiger partial charge in [-0.2, -0.15) is 0 Å². The molecule has 1 aliphatic carbocycles. The van der Waals surface area contributed by atoms with Gasteiger partial charge in [-0.15, -0.1) is 0 Å². The number of fused-ring (bicyclic) bond motifs is 1. The zero-order valence-electron chi connectivity index (χ0n) is 13.1. The average Bonchev–Trinajstić information content (AvgIpc) is 2.92. The largest absolute Gasteiger partial charge is 0.378 e. The maximum atomic E-state index is 5.71. The monoisotopic (exact) mass is 289 g/mol. The lowest BCUT2D eigenvalue weighted by Gasteiger charge is -2.19. The van der Waals surface area contributed by atoms with E-state index in [1.54, 1.807) is 0 Å². The molecule has 0 saturated carbocycles. The van der Waals surface area contributed by atoms with Crippen molar-refractivity contribution in [2.24, 2.45) is 0 Å². The fourth-order valence-electron chi connectivity index (χ4n) is 3.39. The number of hydrogen-bond acceptors (Lipinski definition) is 4. The van der Waals surface area contributed by atoms with Gasteiger partial charge in [-0.1, -0.05) is 13.3 Å². The molecule has 3 rings (SSSR count). The molecule has 1 aromatic heterocycles. The molecule has 1 aromatic rings. The molecule has 21 heavy (non-hydrogen) atoms. The predicted molar refractivity (Wildman–Crippen MR) is 83.3 cm³/mol. The van der Waals surface area contributed by atoms with E-state index in [1.165, 1.54) is 43.4 Å². The maximum absolute atomic E-state index is 5.71. The summed E-state index contributed by atoms with van der Waals surface area (Å²) < 4.78 is 5.71. The molecule has 0 aromatic carbocycles. The van der Waals surface area contributed by atoms with Gasteiger partial charge in [0.1, 0.15) is 5.82 Å². The number of hydrogen-bond donors (Lipinski definition) is 1. The van der Waals surface area contributed by atoms with E-state index in [4.69, 9.17) is 9.72 Å². The van der Waals surface area contributed by atoms with Crippen molar-refractivity contribution in [3.63, 3.8) is 0 Å². The Labute approximate surface area is 127 Å². The van der Waals surface area contributed by atoms with Gasteiger partial charge in [0.15, 0.2) is 0 Å². The van der Waals surface area contributed by atoms with E-state index in [1.807, 2.05) is 0 Å². The molecular weight excluding hydrogens is 262 g/mol. The highest BCUT2D eigenvalue weighted by Gasteiger charge is 2.22. The molecule has 4 nitrogen and oxygen atoms in total. The lowest BCUT2D eigenvalue weighted by Crippen LogP contribution is -2.23. The van der Waals surface area contributed by atoms with Crippen LogP contribution in [-0.2, 0) is 17.6 Å². The van der Waals surface area contributed by atoms with Crippen LogP contribution in [0.15, 0.2) is 6.20 Å². The van der Waals surface area contributed by atoms with Gasteiger partial charge < -0.3 is 10.1 Å². The summed E-state index contributed by atoms with van der Waals surface area (Å²) in [7, 11) is 0. The summed E-state index contributed by atoms with van der Waals surface area (Å²) in [5.41, 5.74) is 2.60. The third-order valence-corrected chi connectivity index (χ3v) is 4.56. The van der Waals surface area contributed by atoms with Crippen LogP contribution >= 0.6 is 0 Å². The fourth-order valence-corrected chi connectivity index (χ4v) is 3.39. The minimum atomic E-state index is 0.336. The standard InChI is InChI=1S/C17H27N3O/c1-2-9-18-15-7-3-4-8-16-14(15)12-19-17(20-16)11-13-6-5-10-21-13/h12-13,15,18H,2-11H2,1H3. The van der Waals surface area contributed by atoms with Crippen LogP contribution in [0.5, 0.6) is 0 Å². The van der Waals surface area contributed by atoms with Crippen molar-refractivity contribution in [1.29, 1.82) is 0 Å². The number of nitrogens with one attached hydrogen (secondary N) is 1. The van der Waals surface area contributed by atoms with Crippen LogP contribution in [-0.4, -0.2) is 29.2 Å². The van der Waals surface area contributed by atoms with Crippen LogP contribution in [0.25, 0.3) is 0 Å². The summed E-state index contributed by atoms with van der Waals surface area (Å²) >= 11 is 0. The first-order valence-corrected chi connectivity index (χ1v) is 8.56. The molecule has 0 spiro atoms. The van der Waals surface area contributed by atoms with Gasteiger partial charge in [-0.05, 0) is 45.1 Å². The zero-order chi connectivity index (χ0) is 14.5. The number of rotatable bonds is 5. The molecule has 2 unspecified atom stereocenters. The fraction of sp³-hybridized carbons (Fsp3) is 0.765. The normalized spacial score (nSPS) is 25.6. The van der Waals surface area contributed by atoms with Gasteiger partial charge in [0.25, 0.3) is 0 Å². The Morgan fingerprint density at radius 3 is 3.05 bits per heavy atom. The summed E-state index contributed by atoms with van der Waals surface area (Å²) in [5, 5.41) is 3.66. The maximum Gasteiger partial charge on any atom is 0.131 e. The van der Waals surface area contributed by atoms with E-state index in [-0.39, 0.29) is 0 Å². The molecule has 1 aliphatic heterocycles. The summed E-state index contributed by atoms with van der Waals surface area (Å²) in [6.07, 6.45) is 11.6. The van der Waals surface area contributed by atoms with Crippen LogP contribution in [0.2, 0.25) is 0 Å². The Morgan fingerprint density at radius 2 is 2.24 bits per heavy atom. The summed E-state index contributed by atoms with van der Waals surface area (Å²) in [6.45, 7) is 4.19. The predicted octanol–water partition coefficient (Wildman–Crippen LogP) is 2.97. The molecule has 1 N–H and O–H groups in total. The van der Waals surface area contributed by atoms with E-state index in [0.717, 1.165) is 38.2 Å². The van der Waals surface area contributed by atoms with Crippen molar-refractivity contribution in [3.8, 4) is 0 Å². The molecule has 116 valence electrons. The molecule has 2 aliphatic rings. The molecule has 1 fully saturated rings. The van der Waals surface area contributed by atoms with Gasteiger partial charge in [0.2, 0.25) is 0 Å². The second-order valence-electron chi connectivity index (χ2n) is 6.28. The average molecular weight is 289 g/mol. The van der Waals surface area contributed by atoms with E-state index in [9.17, 15) is 0 Å². The second-order valence-corrected chi connectivity index (χ2v) is 6.28. The van der Waals surface area contributed by atoms with Crippen LogP contribution < -0.4 is 5.32 Å². The first kappa shape index (κ1) is 14.9. The van der Waals surface area contributed by atoms with Crippen molar-refractivity contribution < 1.29 is 4.74 Å². The van der Waals surface area contributed by atoms with Crippen LogP contribution in [0, 0.1) is 0 Å². The van der Waals surface area contributed by atoms with Crippen molar-refractivity contribution in [1.82, 2.24) is 15.3 Å². The van der Waals surface area contributed by atoms with Gasteiger partial charge in [-0.25, -0.2) is 9.97 Å². The van der Waals surface area contributed by atoms with Gasteiger partial charge in [-0.3, -0.25) is 0 Å². The first-order valence-electron chi connectivity index (χ1n) is 8.56. The third kappa shape index (κ3) is 3.80. The van der Waals surface area contributed by atoms with Gasteiger partial charge in [0.05, 0.1) is 6.10 Å². The lowest BCUT2D eigenvalue weighted by atomic mass is 10.0. The van der Waals surface area contributed by atoms with Crippen molar-refractivity contribution in [2.45, 2.75) is 70.4 Å². The summed E-state index contributed by atoms with van der Waals surface area (Å²) in [6, 6.07) is 0.444. The number of nitrogens with zero attached hydrogens (tertiary/aromatic N) is 2. The molecule has 4 heteroatoms. The minimum absolute atomic E-state index is 0.336. The van der Waals surface area contributed by atoms with Gasteiger partial charge >= 0.3 is 0 Å². The van der Waals surface area contributed by atoms with E-state index < -0.39 is 0 Å². The minimum Gasteiger partial charge on any atom is -0.378 e. The van der Waals surface area contributed by atoms with Crippen LogP contribution in [0.4, 0.5) is 0 Å².